The minimum atomic E-state index is -4.02. The minimum Gasteiger partial charge on any atom is -0.350 e. The van der Waals surface area contributed by atoms with Gasteiger partial charge < -0.3 is 5.32 Å². The smallest absolute Gasteiger partial charge is 0.273 e. The number of rotatable bonds is 8. The van der Waals surface area contributed by atoms with Crippen molar-refractivity contribution in [3.8, 4) is 0 Å². The summed E-state index contributed by atoms with van der Waals surface area (Å²) in [5.41, 5.74) is 0.0926. The van der Waals surface area contributed by atoms with Gasteiger partial charge in [0.25, 0.3) is 5.69 Å². The molecule has 0 bridgehead atoms. The molecule has 1 aromatic heterocycles. The van der Waals surface area contributed by atoms with E-state index in [4.69, 9.17) is 0 Å². The van der Waals surface area contributed by atoms with Gasteiger partial charge in [-0.15, -0.1) is 11.3 Å². The van der Waals surface area contributed by atoms with E-state index in [0.717, 1.165) is 15.2 Å². The van der Waals surface area contributed by atoms with Crippen LogP contribution in [0.4, 0.5) is 5.69 Å². The van der Waals surface area contributed by atoms with Gasteiger partial charge in [-0.3, -0.25) is 14.9 Å². The fourth-order valence-corrected chi connectivity index (χ4v) is 4.35. The summed E-state index contributed by atoms with van der Waals surface area (Å²) in [5.74, 6) is -0.439. The molecule has 0 atom stereocenters. The molecular formula is C16H19N3O5S2. The van der Waals surface area contributed by atoms with Crippen LogP contribution in [0.15, 0.2) is 40.6 Å². The molecule has 0 radical (unpaired) electrons. The number of thiophene rings is 1. The Hall–Kier alpha value is -2.30. The molecule has 1 heterocycles. The van der Waals surface area contributed by atoms with Crippen LogP contribution in [0.5, 0.6) is 0 Å². The van der Waals surface area contributed by atoms with Crippen LogP contribution in [0.2, 0.25) is 0 Å². The third kappa shape index (κ3) is 4.65. The molecule has 2 aromatic rings. The lowest BCUT2D eigenvalue weighted by Crippen LogP contribution is -2.40. The van der Waals surface area contributed by atoms with Gasteiger partial charge in [0, 0.05) is 23.1 Å². The maximum Gasteiger partial charge on any atom is 0.273 e. The maximum atomic E-state index is 12.7. The second-order valence-electron chi connectivity index (χ2n) is 5.49. The second-order valence-corrected chi connectivity index (χ2v) is 8.46. The maximum absolute atomic E-state index is 12.7. The average molecular weight is 397 g/mol. The topological polar surface area (TPSA) is 110 Å². The highest BCUT2D eigenvalue weighted by atomic mass is 32.2. The standard InChI is InChI=1S/C16H19N3O5S2/c1-3-18(11-16(20)17-10-13-5-4-8-25-13)26(23,24)14-7-6-12(2)15(9-14)19(21)22/h4-9H,3,10-11H2,1-2H3,(H,17,20). The highest BCUT2D eigenvalue weighted by Crippen LogP contribution is 2.24. The van der Waals surface area contributed by atoms with E-state index >= 15 is 0 Å². The molecule has 8 nitrogen and oxygen atoms in total. The number of nitro benzene ring substituents is 1. The van der Waals surface area contributed by atoms with Crippen molar-refractivity contribution in [2.45, 2.75) is 25.3 Å². The van der Waals surface area contributed by atoms with Gasteiger partial charge in [-0.1, -0.05) is 19.1 Å². The van der Waals surface area contributed by atoms with Crippen LogP contribution in [-0.2, 0) is 21.4 Å². The van der Waals surface area contributed by atoms with Gasteiger partial charge in [-0.2, -0.15) is 4.31 Å². The second kappa shape index (κ2) is 8.39. The van der Waals surface area contributed by atoms with Crippen molar-refractivity contribution in [1.29, 1.82) is 0 Å². The Balaban J connectivity index is 2.15. The van der Waals surface area contributed by atoms with E-state index in [0.29, 0.717) is 12.1 Å². The Labute approximate surface area is 155 Å². The Morgan fingerprint density at radius 2 is 2.08 bits per heavy atom. The lowest BCUT2D eigenvalue weighted by atomic mass is 10.2. The van der Waals surface area contributed by atoms with Gasteiger partial charge in [0.2, 0.25) is 15.9 Å². The molecule has 0 aliphatic rings. The number of amides is 1. The van der Waals surface area contributed by atoms with Crippen LogP contribution in [0.3, 0.4) is 0 Å². The molecule has 2 rings (SSSR count). The van der Waals surface area contributed by atoms with E-state index in [-0.39, 0.29) is 23.7 Å². The number of nitrogens with one attached hydrogen (secondary N) is 1. The number of carbonyl (C=O) groups is 1. The minimum absolute atomic E-state index is 0.0659. The number of nitro groups is 1. The molecule has 0 fully saturated rings. The van der Waals surface area contributed by atoms with E-state index < -0.39 is 20.9 Å². The first-order valence-corrected chi connectivity index (χ1v) is 10.1. The fraction of sp³-hybridized carbons (Fsp3) is 0.312. The Kier molecular flexibility index (Phi) is 6.46. The van der Waals surface area contributed by atoms with Crippen LogP contribution in [0, 0.1) is 17.0 Å². The largest absolute Gasteiger partial charge is 0.350 e. The molecule has 0 aliphatic heterocycles. The van der Waals surface area contributed by atoms with Crippen molar-refractivity contribution in [2.75, 3.05) is 13.1 Å². The average Bonchev–Trinajstić information content (AvgIpc) is 3.11. The van der Waals surface area contributed by atoms with Crippen LogP contribution in [0.1, 0.15) is 17.4 Å². The monoisotopic (exact) mass is 397 g/mol. The highest BCUT2D eigenvalue weighted by molar-refractivity contribution is 7.89. The predicted molar refractivity (Wildman–Crippen MR) is 98.4 cm³/mol. The van der Waals surface area contributed by atoms with Gasteiger partial charge in [0.05, 0.1) is 22.9 Å². The lowest BCUT2D eigenvalue weighted by Gasteiger charge is -2.20. The number of likely N-dealkylation sites (N-methyl/N-ethyl adjacent to an activating group) is 1. The molecule has 0 spiro atoms. The van der Waals surface area contributed by atoms with E-state index in [1.54, 1.807) is 6.92 Å². The first-order chi connectivity index (χ1) is 12.3. The molecule has 140 valence electrons. The molecule has 1 aromatic carbocycles. The van der Waals surface area contributed by atoms with Crippen molar-refractivity contribution in [1.82, 2.24) is 9.62 Å². The highest BCUT2D eigenvalue weighted by Gasteiger charge is 2.27. The molecule has 26 heavy (non-hydrogen) atoms. The summed E-state index contributed by atoms with van der Waals surface area (Å²) in [7, 11) is -4.02. The quantitative estimate of drug-likeness (QED) is 0.543. The zero-order chi connectivity index (χ0) is 19.3. The Bertz CT molecular complexity index is 895. The van der Waals surface area contributed by atoms with Gasteiger partial charge in [0.1, 0.15) is 0 Å². The van der Waals surface area contributed by atoms with E-state index in [9.17, 15) is 23.3 Å². The summed E-state index contributed by atoms with van der Waals surface area (Å²) >= 11 is 1.49. The lowest BCUT2D eigenvalue weighted by molar-refractivity contribution is -0.385. The van der Waals surface area contributed by atoms with Crippen molar-refractivity contribution < 1.29 is 18.1 Å². The van der Waals surface area contributed by atoms with Crippen LogP contribution in [0.25, 0.3) is 0 Å². The number of nitrogens with zero attached hydrogens (tertiary/aromatic N) is 2. The third-order valence-electron chi connectivity index (χ3n) is 3.73. The van der Waals surface area contributed by atoms with Gasteiger partial charge in [0.15, 0.2) is 0 Å². The number of aryl methyl sites for hydroxylation is 1. The summed E-state index contributed by atoms with van der Waals surface area (Å²) in [6.07, 6.45) is 0. The summed E-state index contributed by atoms with van der Waals surface area (Å²) in [4.78, 5) is 23.3. The molecule has 1 N–H and O–H groups in total. The van der Waals surface area contributed by atoms with E-state index in [1.807, 2.05) is 17.5 Å². The summed E-state index contributed by atoms with van der Waals surface area (Å²) in [6.45, 7) is 3.17. The zero-order valence-electron chi connectivity index (χ0n) is 14.3. The Morgan fingerprint density at radius 1 is 1.35 bits per heavy atom. The summed E-state index contributed by atoms with van der Waals surface area (Å²) in [5, 5.41) is 15.6. The zero-order valence-corrected chi connectivity index (χ0v) is 16.0. The Morgan fingerprint density at radius 3 is 2.65 bits per heavy atom. The third-order valence-corrected chi connectivity index (χ3v) is 6.52. The first kappa shape index (κ1) is 20.0. The molecule has 0 unspecified atom stereocenters. The fourth-order valence-electron chi connectivity index (χ4n) is 2.28. The van der Waals surface area contributed by atoms with Gasteiger partial charge in [-0.05, 0) is 24.4 Å². The van der Waals surface area contributed by atoms with Crippen molar-refractivity contribution in [3.05, 3.63) is 56.3 Å². The SMILES string of the molecule is CCN(CC(=O)NCc1cccs1)S(=O)(=O)c1ccc(C)c([N+](=O)[O-])c1. The first-order valence-electron chi connectivity index (χ1n) is 7.80. The van der Waals surface area contributed by atoms with Crippen LogP contribution < -0.4 is 5.32 Å². The van der Waals surface area contributed by atoms with Crippen molar-refractivity contribution in [2.24, 2.45) is 0 Å². The number of sulfonamides is 1. The van der Waals surface area contributed by atoms with Crippen LogP contribution in [-0.4, -0.2) is 36.6 Å². The molecule has 0 saturated carbocycles. The van der Waals surface area contributed by atoms with Gasteiger partial charge >= 0.3 is 0 Å². The van der Waals surface area contributed by atoms with Crippen molar-refractivity contribution in [3.63, 3.8) is 0 Å². The molecular weight excluding hydrogens is 378 g/mol. The molecule has 10 heteroatoms. The number of carbonyl (C=O) groups excluding carboxylic acids is 1. The van der Waals surface area contributed by atoms with Crippen molar-refractivity contribution >= 4 is 33.0 Å². The van der Waals surface area contributed by atoms with Crippen LogP contribution >= 0.6 is 11.3 Å². The number of hydrogen-bond donors (Lipinski definition) is 1. The van der Waals surface area contributed by atoms with Gasteiger partial charge in [-0.25, -0.2) is 8.42 Å². The molecule has 1 amide bonds. The molecule has 0 aliphatic carbocycles. The van der Waals surface area contributed by atoms with E-state index in [1.165, 1.54) is 30.4 Å². The summed E-state index contributed by atoms with van der Waals surface area (Å²) in [6, 6.07) is 7.44. The predicted octanol–water partition coefficient (Wildman–Crippen LogP) is 2.29. The normalized spacial score (nSPS) is 11.5. The number of hydrogen-bond acceptors (Lipinski definition) is 6. The van der Waals surface area contributed by atoms with E-state index in [2.05, 4.69) is 5.32 Å². The number of benzene rings is 1. The summed E-state index contributed by atoms with van der Waals surface area (Å²) < 4.78 is 26.5. The molecule has 0 saturated heterocycles.